The molecule has 0 radical (unpaired) electrons. The van der Waals surface area contributed by atoms with Gasteiger partial charge >= 0.3 is 5.97 Å². The number of carbonyl (C=O) groups excluding carboxylic acids is 5. The number of aliphatic imine (C=N–C) groups is 1. The molecule has 0 spiro atoms. The number of hydrogen-bond donors (Lipinski definition) is 11. The van der Waals surface area contributed by atoms with E-state index in [2.05, 4.69) is 26.3 Å². The third-order valence-corrected chi connectivity index (χ3v) is 5.57. The van der Waals surface area contributed by atoms with E-state index in [-0.39, 0.29) is 37.5 Å². The monoisotopic (exact) mass is 595 g/mol. The number of primary amides is 1. The summed E-state index contributed by atoms with van der Waals surface area (Å²) in [7, 11) is 0. The minimum absolute atomic E-state index is 0.0514. The molecule has 1 aromatic rings. The van der Waals surface area contributed by atoms with Crippen molar-refractivity contribution in [3.8, 4) is 5.75 Å². The van der Waals surface area contributed by atoms with E-state index in [4.69, 9.17) is 28.0 Å². The van der Waals surface area contributed by atoms with Crippen LogP contribution in [-0.2, 0) is 35.2 Å². The number of benzene rings is 1. The SMILES string of the molecule is NC(=O)C[C@H](NC(=O)[C@H](Cc1ccc(O)cc1)NC(=O)[C@@H](N)CO)C(=O)N[C@@H](CCCN=C(N)N)C(=O)NCC(=O)O. The maximum atomic E-state index is 13.2. The van der Waals surface area contributed by atoms with Crippen molar-refractivity contribution in [2.75, 3.05) is 19.7 Å². The molecule has 0 unspecified atom stereocenters. The van der Waals surface area contributed by atoms with Gasteiger partial charge in [0.25, 0.3) is 0 Å². The van der Waals surface area contributed by atoms with Crippen LogP contribution in [0.2, 0.25) is 0 Å². The van der Waals surface area contributed by atoms with Gasteiger partial charge in [0.05, 0.1) is 13.0 Å². The Hall–Kier alpha value is -4.97. The van der Waals surface area contributed by atoms with Crippen molar-refractivity contribution < 1.29 is 44.1 Å². The van der Waals surface area contributed by atoms with Gasteiger partial charge in [-0.1, -0.05) is 12.1 Å². The molecular weight excluding hydrogens is 558 g/mol. The molecule has 0 aromatic heterocycles. The van der Waals surface area contributed by atoms with Crippen LogP contribution in [0.1, 0.15) is 24.8 Å². The molecule has 15 N–H and O–H groups in total. The van der Waals surface area contributed by atoms with Gasteiger partial charge in [-0.05, 0) is 30.5 Å². The number of amides is 5. The van der Waals surface area contributed by atoms with Gasteiger partial charge in [-0.3, -0.25) is 33.8 Å². The first-order chi connectivity index (χ1) is 19.7. The second-order valence-corrected chi connectivity index (χ2v) is 9.07. The summed E-state index contributed by atoms with van der Waals surface area (Å²) in [5, 5.41) is 36.7. The number of nitrogens with zero attached hydrogens (tertiary/aromatic N) is 1. The van der Waals surface area contributed by atoms with Crippen molar-refractivity contribution >= 4 is 41.5 Å². The van der Waals surface area contributed by atoms with E-state index in [0.29, 0.717) is 5.56 Å². The van der Waals surface area contributed by atoms with E-state index in [1.807, 2.05) is 0 Å². The van der Waals surface area contributed by atoms with Crippen molar-refractivity contribution in [1.29, 1.82) is 0 Å². The summed E-state index contributed by atoms with van der Waals surface area (Å²) in [6.07, 6.45) is -0.719. The number of phenolic OH excluding ortho intramolecular Hbond substituents is 1. The zero-order valence-corrected chi connectivity index (χ0v) is 22.6. The number of carbonyl (C=O) groups is 6. The number of carboxylic acid groups (broad SMARTS) is 1. The van der Waals surface area contributed by atoms with Crippen LogP contribution in [0.3, 0.4) is 0 Å². The zero-order valence-electron chi connectivity index (χ0n) is 22.6. The number of guanidine groups is 1. The van der Waals surface area contributed by atoms with Crippen LogP contribution in [0, 0.1) is 0 Å². The molecular formula is C24H37N9O9. The highest BCUT2D eigenvalue weighted by Gasteiger charge is 2.31. The van der Waals surface area contributed by atoms with Gasteiger partial charge < -0.3 is 59.5 Å². The predicted molar refractivity (Wildman–Crippen MR) is 147 cm³/mol. The van der Waals surface area contributed by atoms with E-state index in [1.165, 1.54) is 24.3 Å². The highest BCUT2D eigenvalue weighted by Crippen LogP contribution is 2.12. The summed E-state index contributed by atoms with van der Waals surface area (Å²) in [5.41, 5.74) is 21.8. The molecule has 0 aliphatic rings. The molecule has 0 heterocycles. The van der Waals surface area contributed by atoms with Gasteiger partial charge in [-0.15, -0.1) is 0 Å². The van der Waals surface area contributed by atoms with Crippen molar-refractivity contribution in [2.45, 2.75) is 49.9 Å². The Bertz CT molecular complexity index is 1140. The number of hydrogen-bond acceptors (Lipinski definition) is 10. The molecule has 1 rings (SSSR count). The molecule has 18 nitrogen and oxygen atoms in total. The lowest BCUT2D eigenvalue weighted by molar-refractivity contribution is -0.139. The summed E-state index contributed by atoms with van der Waals surface area (Å²) in [4.78, 5) is 77.7. The van der Waals surface area contributed by atoms with E-state index >= 15 is 0 Å². The Kier molecular flexibility index (Phi) is 14.7. The van der Waals surface area contributed by atoms with E-state index in [1.54, 1.807) is 0 Å². The topological polar surface area (TPSA) is 328 Å². The smallest absolute Gasteiger partial charge is 0.322 e. The minimum Gasteiger partial charge on any atom is -0.508 e. The maximum absolute atomic E-state index is 13.2. The molecule has 1 aromatic carbocycles. The summed E-state index contributed by atoms with van der Waals surface area (Å²) in [6.45, 7) is -1.38. The first-order valence-electron chi connectivity index (χ1n) is 12.6. The molecule has 0 saturated carbocycles. The van der Waals surface area contributed by atoms with Crippen LogP contribution in [0.25, 0.3) is 0 Å². The van der Waals surface area contributed by atoms with E-state index in [0.717, 1.165) is 0 Å². The van der Waals surface area contributed by atoms with Gasteiger partial charge in [0, 0.05) is 13.0 Å². The number of rotatable bonds is 18. The van der Waals surface area contributed by atoms with Crippen molar-refractivity contribution in [1.82, 2.24) is 21.3 Å². The largest absolute Gasteiger partial charge is 0.508 e. The summed E-state index contributed by atoms with van der Waals surface area (Å²) in [6, 6.07) is -0.0175. The predicted octanol–water partition coefficient (Wildman–Crippen LogP) is -5.16. The van der Waals surface area contributed by atoms with Crippen LogP contribution in [0.5, 0.6) is 5.75 Å². The highest BCUT2D eigenvalue weighted by molar-refractivity contribution is 5.97. The number of nitrogens with two attached hydrogens (primary N) is 4. The van der Waals surface area contributed by atoms with Crippen molar-refractivity contribution in [3.63, 3.8) is 0 Å². The van der Waals surface area contributed by atoms with Crippen LogP contribution in [-0.4, -0.2) is 101 Å². The molecule has 0 aliphatic heterocycles. The lowest BCUT2D eigenvalue weighted by Gasteiger charge is -2.25. The first-order valence-corrected chi connectivity index (χ1v) is 12.6. The third-order valence-electron chi connectivity index (χ3n) is 5.57. The van der Waals surface area contributed by atoms with Crippen LogP contribution < -0.4 is 44.2 Å². The molecule has 0 fully saturated rings. The fourth-order valence-corrected chi connectivity index (χ4v) is 3.45. The fourth-order valence-electron chi connectivity index (χ4n) is 3.45. The Morgan fingerprint density at radius 1 is 0.833 bits per heavy atom. The third kappa shape index (κ3) is 13.4. The summed E-state index contributed by atoms with van der Waals surface area (Å²) < 4.78 is 0. The number of aliphatic hydroxyl groups excluding tert-OH is 1. The Labute approximate surface area is 240 Å². The van der Waals surface area contributed by atoms with Gasteiger partial charge in [0.2, 0.25) is 29.5 Å². The molecule has 4 atom stereocenters. The average molecular weight is 596 g/mol. The van der Waals surface area contributed by atoms with E-state index in [9.17, 15) is 39.0 Å². The molecule has 5 amide bonds. The van der Waals surface area contributed by atoms with E-state index < -0.39 is 79.2 Å². The minimum atomic E-state index is -1.62. The number of phenols is 1. The average Bonchev–Trinajstić information content (AvgIpc) is 2.92. The number of aromatic hydroxyl groups is 1. The summed E-state index contributed by atoms with van der Waals surface area (Å²) >= 11 is 0. The number of aliphatic carboxylic acids is 1. The van der Waals surface area contributed by atoms with Gasteiger partial charge in [-0.25, -0.2) is 0 Å². The molecule has 0 saturated heterocycles. The van der Waals surface area contributed by atoms with Crippen LogP contribution in [0.4, 0.5) is 0 Å². The molecule has 232 valence electrons. The Balaban J connectivity index is 3.17. The highest BCUT2D eigenvalue weighted by atomic mass is 16.4. The molecule has 18 heteroatoms. The Morgan fingerprint density at radius 2 is 1.40 bits per heavy atom. The molecule has 0 bridgehead atoms. The maximum Gasteiger partial charge on any atom is 0.322 e. The quantitative estimate of drug-likeness (QED) is 0.0431. The lowest BCUT2D eigenvalue weighted by atomic mass is 10.0. The second-order valence-electron chi connectivity index (χ2n) is 9.07. The molecule has 42 heavy (non-hydrogen) atoms. The normalized spacial score (nSPS) is 13.4. The van der Waals surface area contributed by atoms with Crippen molar-refractivity contribution in [2.24, 2.45) is 27.9 Å². The number of carboxylic acids is 1. The van der Waals surface area contributed by atoms with Crippen LogP contribution in [0.15, 0.2) is 29.3 Å². The number of aliphatic hydroxyl groups is 1. The van der Waals surface area contributed by atoms with Gasteiger partial charge in [0.15, 0.2) is 5.96 Å². The number of nitrogens with one attached hydrogen (secondary N) is 4. The Morgan fingerprint density at radius 3 is 1.95 bits per heavy atom. The van der Waals surface area contributed by atoms with Crippen molar-refractivity contribution in [3.05, 3.63) is 29.8 Å². The summed E-state index contributed by atoms with van der Waals surface area (Å²) in [5.74, 6) is -6.29. The van der Waals surface area contributed by atoms with Gasteiger partial charge in [0.1, 0.15) is 36.5 Å². The first kappa shape index (κ1) is 35.1. The molecule has 0 aliphatic carbocycles. The fraction of sp³-hybridized carbons (Fsp3) is 0.458. The second kappa shape index (κ2) is 17.7. The lowest BCUT2D eigenvalue weighted by Crippen LogP contribution is -2.59. The van der Waals surface area contributed by atoms with Gasteiger partial charge in [-0.2, -0.15) is 0 Å². The standard InChI is InChI=1S/C24H37N9O9/c25-14(11-34)20(39)32-16(8-12-3-5-13(35)6-4-12)22(41)33-17(9-18(26)36)23(42)31-15(2-1-7-29-24(27)28)21(40)30-10-19(37)38/h3-6,14-17,34-35H,1-2,7-11,25H2,(H2,26,36)(H,30,40)(H,31,42)(H,32,39)(H,33,41)(H,37,38)(H4,27,28,29)/t14-,15-,16-,17-/m0/s1. The zero-order chi connectivity index (χ0) is 31.8. The van der Waals surface area contributed by atoms with Crippen LogP contribution >= 0.6 is 0 Å².